The summed E-state index contributed by atoms with van der Waals surface area (Å²) >= 11 is 0. The molecular weight excluding hydrogens is 379 g/mol. The number of aromatic nitrogens is 1. The van der Waals surface area contributed by atoms with Gasteiger partial charge in [-0.2, -0.15) is 0 Å². The third kappa shape index (κ3) is 4.28. The lowest BCUT2D eigenvalue weighted by molar-refractivity contribution is 0.0942. The summed E-state index contributed by atoms with van der Waals surface area (Å²) in [4.78, 5) is 22.2. The Hall–Kier alpha value is -2.99. The number of pyridine rings is 1. The van der Waals surface area contributed by atoms with Crippen LogP contribution >= 0.6 is 0 Å². The zero-order valence-electron chi connectivity index (χ0n) is 17.4. The lowest BCUT2D eigenvalue weighted by atomic mass is 10.1. The van der Waals surface area contributed by atoms with Crippen molar-refractivity contribution in [1.82, 2.24) is 15.2 Å². The number of fused-ring (bicyclic) bond motifs is 1. The summed E-state index contributed by atoms with van der Waals surface area (Å²) in [6, 6.07) is 16.2. The summed E-state index contributed by atoms with van der Waals surface area (Å²) in [5, 5.41) is 4.00. The largest absolute Gasteiger partial charge is 0.356 e. The molecule has 1 saturated heterocycles. The topological polar surface area (TPSA) is 48.5 Å². The van der Waals surface area contributed by atoms with E-state index in [1.807, 2.05) is 55.4 Å². The van der Waals surface area contributed by atoms with E-state index in [1.165, 1.54) is 12.1 Å². The number of nitrogens with zero attached hydrogens (tertiary/aromatic N) is 3. The number of carbonyl (C=O) groups excluding carboxylic acids is 1. The van der Waals surface area contributed by atoms with Gasteiger partial charge in [0.2, 0.25) is 0 Å². The lowest BCUT2D eigenvalue weighted by Crippen LogP contribution is -2.35. The van der Waals surface area contributed by atoms with E-state index in [1.54, 1.807) is 6.07 Å². The van der Waals surface area contributed by atoms with Crippen molar-refractivity contribution in [3.63, 3.8) is 0 Å². The van der Waals surface area contributed by atoms with Crippen LogP contribution in [0.5, 0.6) is 0 Å². The molecule has 1 amide bonds. The number of carbonyl (C=O) groups is 1. The molecule has 1 unspecified atom stereocenters. The van der Waals surface area contributed by atoms with Gasteiger partial charge in [0.1, 0.15) is 11.6 Å². The quantitative estimate of drug-likeness (QED) is 0.672. The van der Waals surface area contributed by atoms with Gasteiger partial charge < -0.3 is 15.1 Å². The van der Waals surface area contributed by atoms with Crippen molar-refractivity contribution >= 4 is 22.6 Å². The molecule has 0 saturated carbocycles. The molecule has 1 aliphatic heterocycles. The molecule has 0 bridgehead atoms. The zero-order chi connectivity index (χ0) is 21.1. The number of para-hydroxylation sites is 1. The summed E-state index contributed by atoms with van der Waals surface area (Å²) in [6.07, 6.45) is 2.22. The van der Waals surface area contributed by atoms with Crippen LogP contribution in [0.15, 0.2) is 54.6 Å². The number of hydrogen-bond donors (Lipinski definition) is 1. The van der Waals surface area contributed by atoms with Crippen LogP contribution in [-0.2, 0) is 0 Å². The molecule has 0 radical (unpaired) electrons. The highest BCUT2D eigenvalue weighted by Gasteiger charge is 2.23. The van der Waals surface area contributed by atoms with Gasteiger partial charge in [-0.25, -0.2) is 9.37 Å². The van der Waals surface area contributed by atoms with Crippen molar-refractivity contribution in [1.29, 1.82) is 0 Å². The molecule has 1 atom stereocenters. The van der Waals surface area contributed by atoms with Crippen LogP contribution in [0, 0.1) is 5.82 Å². The van der Waals surface area contributed by atoms with Crippen molar-refractivity contribution in [3.05, 3.63) is 71.5 Å². The second kappa shape index (κ2) is 8.79. The molecule has 3 aromatic rings. The fourth-order valence-corrected chi connectivity index (χ4v) is 4.04. The Morgan fingerprint density at radius 1 is 1.13 bits per heavy atom. The first-order chi connectivity index (χ1) is 14.5. The predicted molar refractivity (Wildman–Crippen MR) is 118 cm³/mol. The van der Waals surface area contributed by atoms with Crippen LogP contribution in [0.25, 0.3) is 10.9 Å². The Morgan fingerprint density at radius 3 is 2.63 bits per heavy atom. The number of likely N-dealkylation sites (N-methyl/N-ethyl adjacent to an activating group) is 1. The van der Waals surface area contributed by atoms with Gasteiger partial charge in [0.25, 0.3) is 5.91 Å². The van der Waals surface area contributed by atoms with E-state index < -0.39 is 0 Å². The van der Waals surface area contributed by atoms with E-state index in [0.29, 0.717) is 12.1 Å². The van der Waals surface area contributed by atoms with E-state index in [9.17, 15) is 9.18 Å². The Morgan fingerprint density at radius 2 is 1.90 bits per heavy atom. The Labute approximate surface area is 176 Å². The molecule has 1 N–H and O–H groups in total. The molecule has 4 rings (SSSR count). The first-order valence-electron chi connectivity index (χ1n) is 10.4. The fourth-order valence-electron chi connectivity index (χ4n) is 4.04. The summed E-state index contributed by atoms with van der Waals surface area (Å²) in [5.74, 6) is 0.315. The number of anilines is 1. The first-order valence-corrected chi connectivity index (χ1v) is 10.4. The van der Waals surface area contributed by atoms with Crippen LogP contribution in [0.1, 0.15) is 34.8 Å². The minimum absolute atomic E-state index is 0.131. The molecular formula is C24H27FN4O. The average Bonchev–Trinajstić information content (AvgIpc) is 3.27. The van der Waals surface area contributed by atoms with Gasteiger partial charge >= 0.3 is 0 Å². The lowest BCUT2D eigenvalue weighted by Gasteiger charge is -2.26. The molecule has 1 fully saturated rings. The highest BCUT2D eigenvalue weighted by atomic mass is 19.1. The Bertz CT molecular complexity index is 1050. The van der Waals surface area contributed by atoms with Gasteiger partial charge in [-0.15, -0.1) is 0 Å². The van der Waals surface area contributed by atoms with Crippen molar-refractivity contribution in [2.24, 2.45) is 0 Å². The molecule has 5 nitrogen and oxygen atoms in total. The summed E-state index contributed by atoms with van der Waals surface area (Å²) in [7, 11) is 3.85. The van der Waals surface area contributed by atoms with Crippen molar-refractivity contribution < 1.29 is 9.18 Å². The van der Waals surface area contributed by atoms with Crippen molar-refractivity contribution in [2.75, 3.05) is 38.6 Å². The molecule has 2 aromatic carbocycles. The smallest absolute Gasteiger partial charge is 0.255 e. The standard InChI is InChI=1S/C24H27FN4O/c1-28(2)22(18-9-7-10-19(25)14-18)16-26-24(30)20-15-17-8-3-4-11-21(17)27-23(20)29-12-5-6-13-29/h3-4,7-11,14-15,22H,5-6,12-13,16H2,1-2H3,(H,26,30). The van der Waals surface area contributed by atoms with E-state index in [4.69, 9.17) is 4.98 Å². The third-order valence-electron chi connectivity index (χ3n) is 5.67. The van der Waals surface area contributed by atoms with Crippen molar-refractivity contribution in [3.8, 4) is 0 Å². The van der Waals surface area contributed by atoms with Crippen LogP contribution in [-0.4, -0.2) is 49.5 Å². The molecule has 6 heteroatoms. The molecule has 156 valence electrons. The molecule has 2 heterocycles. The average molecular weight is 407 g/mol. The maximum atomic E-state index is 13.7. The molecule has 30 heavy (non-hydrogen) atoms. The van der Waals surface area contributed by atoms with E-state index in [2.05, 4.69) is 10.2 Å². The first kappa shape index (κ1) is 20.3. The fraction of sp³-hybridized carbons (Fsp3) is 0.333. The van der Waals surface area contributed by atoms with Gasteiger partial charge in [-0.05, 0) is 56.8 Å². The molecule has 0 spiro atoms. The summed E-state index contributed by atoms with van der Waals surface area (Å²) in [5.41, 5.74) is 2.31. The summed E-state index contributed by atoms with van der Waals surface area (Å²) < 4.78 is 13.7. The Kier molecular flexibility index (Phi) is 5.95. The number of hydrogen-bond acceptors (Lipinski definition) is 4. The second-order valence-electron chi connectivity index (χ2n) is 7.99. The number of rotatable bonds is 6. The van der Waals surface area contributed by atoms with Crippen LogP contribution in [0.4, 0.5) is 10.2 Å². The van der Waals surface area contributed by atoms with Gasteiger partial charge in [0, 0.05) is 25.0 Å². The predicted octanol–water partition coefficient (Wildman–Crippen LogP) is 4.01. The molecule has 0 aliphatic carbocycles. The van der Waals surface area contributed by atoms with Gasteiger partial charge in [0.05, 0.1) is 17.1 Å². The number of nitrogens with one attached hydrogen (secondary N) is 1. The SMILES string of the molecule is CN(C)C(CNC(=O)c1cc2ccccc2nc1N1CCCC1)c1cccc(F)c1. The van der Waals surface area contributed by atoms with Gasteiger partial charge in [-0.3, -0.25) is 4.79 Å². The number of halogens is 1. The number of amides is 1. The molecule has 1 aromatic heterocycles. The van der Waals surface area contributed by atoms with Gasteiger partial charge in [0.15, 0.2) is 0 Å². The van der Waals surface area contributed by atoms with E-state index in [0.717, 1.165) is 48.2 Å². The minimum Gasteiger partial charge on any atom is -0.356 e. The van der Waals surface area contributed by atoms with Crippen LogP contribution in [0.2, 0.25) is 0 Å². The monoisotopic (exact) mass is 406 g/mol. The van der Waals surface area contributed by atoms with E-state index in [-0.39, 0.29) is 17.8 Å². The highest BCUT2D eigenvalue weighted by molar-refractivity contribution is 6.02. The number of benzene rings is 2. The van der Waals surface area contributed by atoms with Gasteiger partial charge in [-0.1, -0.05) is 30.3 Å². The summed E-state index contributed by atoms with van der Waals surface area (Å²) in [6.45, 7) is 2.20. The normalized spacial score (nSPS) is 15.0. The maximum absolute atomic E-state index is 13.7. The van der Waals surface area contributed by atoms with E-state index >= 15 is 0 Å². The Balaban J connectivity index is 1.61. The van der Waals surface area contributed by atoms with Crippen LogP contribution < -0.4 is 10.2 Å². The van der Waals surface area contributed by atoms with Crippen molar-refractivity contribution in [2.45, 2.75) is 18.9 Å². The zero-order valence-corrected chi connectivity index (χ0v) is 17.4. The third-order valence-corrected chi connectivity index (χ3v) is 5.67. The second-order valence-corrected chi connectivity index (χ2v) is 7.99. The highest BCUT2D eigenvalue weighted by Crippen LogP contribution is 2.27. The maximum Gasteiger partial charge on any atom is 0.255 e. The minimum atomic E-state index is -0.277. The van der Waals surface area contributed by atoms with Crippen LogP contribution in [0.3, 0.4) is 0 Å². The molecule has 1 aliphatic rings.